The van der Waals surface area contributed by atoms with Crippen LogP contribution in [0.15, 0.2) is 29.4 Å². The largest absolute Gasteiger partial charge is 1.00 e. The third-order valence-electron chi connectivity index (χ3n) is 1.92. The third-order valence-corrected chi connectivity index (χ3v) is 1.92. The molecule has 0 saturated carbocycles. The van der Waals surface area contributed by atoms with Gasteiger partial charge in [-0.05, 0) is 19.1 Å². The van der Waals surface area contributed by atoms with Crippen molar-refractivity contribution in [3.05, 3.63) is 29.8 Å². The van der Waals surface area contributed by atoms with Gasteiger partial charge in [0, 0.05) is 18.0 Å². The zero-order valence-corrected chi connectivity index (χ0v) is 11.8. The molecule has 0 spiro atoms. The number of fused-ring (bicyclic) bond motifs is 1. The smallest absolute Gasteiger partial charge is 0.550 e. The molecule has 5 nitrogen and oxygen atoms in total. The normalized spacial score (nSPS) is 14.5. The first-order chi connectivity index (χ1) is 7.65. The van der Waals surface area contributed by atoms with E-state index in [9.17, 15) is 0 Å². The molecule has 6 heteroatoms. The van der Waals surface area contributed by atoms with Gasteiger partial charge in [-0.3, -0.25) is 0 Å². The van der Waals surface area contributed by atoms with Crippen LogP contribution in [-0.2, 0) is 4.79 Å². The Balaban J connectivity index is 0.000000453. The third kappa shape index (κ3) is 5.21. The summed E-state index contributed by atoms with van der Waals surface area (Å²) in [6, 6.07) is 7.57. The Morgan fingerprint density at radius 2 is 2.06 bits per heavy atom. The van der Waals surface area contributed by atoms with E-state index in [1.165, 1.54) is 0 Å². The molecule has 1 aromatic carbocycles. The van der Waals surface area contributed by atoms with Crippen molar-refractivity contribution in [2.75, 3.05) is 6.61 Å². The molecule has 86 valence electrons. The molecule has 1 heterocycles. The van der Waals surface area contributed by atoms with Crippen molar-refractivity contribution in [1.82, 2.24) is 0 Å². The Morgan fingerprint density at radius 1 is 1.47 bits per heavy atom. The maximum absolute atomic E-state index is 8.89. The molecule has 0 aliphatic carbocycles. The number of ether oxygens (including phenoxy) is 1. The zero-order chi connectivity index (χ0) is 12.0. The van der Waals surface area contributed by atoms with Crippen LogP contribution in [0.4, 0.5) is 0 Å². The molecule has 0 fully saturated rings. The molecule has 1 aromatic rings. The number of carboxylic acid groups (broad SMARTS) is 1. The first-order valence-corrected chi connectivity index (χ1v) is 4.76. The SMILES string of the molecule is CC(=O)[O-].ON=C1CCOc2ccccc21.[Na+]. The molecule has 1 aliphatic heterocycles. The fourth-order valence-corrected chi connectivity index (χ4v) is 1.33. The number of para-hydroxylation sites is 1. The van der Waals surface area contributed by atoms with E-state index in [1.807, 2.05) is 24.3 Å². The second-order valence-electron chi connectivity index (χ2n) is 3.13. The van der Waals surface area contributed by atoms with Crippen molar-refractivity contribution >= 4 is 11.7 Å². The molecular formula is C11H12NNaO4. The van der Waals surface area contributed by atoms with E-state index in [0.29, 0.717) is 18.7 Å². The average Bonchev–Trinajstić information content (AvgIpc) is 2.27. The van der Waals surface area contributed by atoms with Gasteiger partial charge in [0.25, 0.3) is 0 Å². The molecule has 0 unspecified atom stereocenters. The van der Waals surface area contributed by atoms with Gasteiger partial charge in [-0.2, -0.15) is 0 Å². The number of carbonyl (C=O) groups excluding carboxylic acids is 1. The fraction of sp³-hybridized carbons (Fsp3) is 0.273. The van der Waals surface area contributed by atoms with E-state index >= 15 is 0 Å². The summed E-state index contributed by atoms with van der Waals surface area (Å²) in [5.41, 5.74) is 1.60. The molecule has 1 aliphatic rings. The van der Waals surface area contributed by atoms with Crippen LogP contribution in [0.5, 0.6) is 5.75 Å². The molecular weight excluding hydrogens is 233 g/mol. The summed E-state index contributed by atoms with van der Waals surface area (Å²) in [6.07, 6.45) is 0.674. The maximum atomic E-state index is 8.89. The fourth-order valence-electron chi connectivity index (χ4n) is 1.33. The minimum Gasteiger partial charge on any atom is -0.550 e. The molecule has 2 rings (SSSR count). The molecule has 0 radical (unpaired) electrons. The van der Waals surface area contributed by atoms with E-state index in [2.05, 4.69) is 5.16 Å². The van der Waals surface area contributed by atoms with Crippen molar-refractivity contribution in [3.8, 4) is 5.75 Å². The van der Waals surface area contributed by atoms with Crippen molar-refractivity contribution in [2.24, 2.45) is 5.16 Å². The molecule has 0 aromatic heterocycles. The quantitative estimate of drug-likeness (QED) is 0.309. The number of hydrogen-bond acceptors (Lipinski definition) is 5. The first kappa shape index (κ1) is 16.0. The van der Waals surface area contributed by atoms with Crippen LogP contribution in [-0.4, -0.2) is 23.5 Å². The van der Waals surface area contributed by atoms with Gasteiger partial charge in [0.2, 0.25) is 0 Å². The van der Waals surface area contributed by atoms with Crippen molar-refractivity contribution < 1.29 is 49.4 Å². The van der Waals surface area contributed by atoms with Crippen molar-refractivity contribution in [2.45, 2.75) is 13.3 Å². The summed E-state index contributed by atoms with van der Waals surface area (Å²) in [4.78, 5) is 8.89. The first-order valence-electron chi connectivity index (χ1n) is 4.76. The van der Waals surface area contributed by atoms with Crippen molar-refractivity contribution in [1.29, 1.82) is 0 Å². The van der Waals surface area contributed by atoms with Gasteiger partial charge in [-0.25, -0.2) is 0 Å². The standard InChI is InChI=1S/C9H9NO2.C2H4O2.Na/c11-10-8-5-6-12-9-4-2-1-3-7(8)9;1-2(3)4;/h1-4,11H,5-6H2;1H3,(H,3,4);/q;;+1/p-1. The van der Waals surface area contributed by atoms with Crippen LogP contribution in [0, 0.1) is 0 Å². The minimum atomic E-state index is -1.08. The van der Waals surface area contributed by atoms with Gasteiger partial charge in [-0.1, -0.05) is 17.3 Å². The second-order valence-corrected chi connectivity index (χ2v) is 3.13. The number of benzene rings is 1. The van der Waals surface area contributed by atoms with Gasteiger partial charge in [0.05, 0.1) is 12.3 Å². The van der Waals surface area contributed by atoms with Gasteiger partial charge in [-0.15, -0.1) is 0 Å². The predicted octanol–water partition coefficient (Wildman–Crippen LogP) is -2.59. The predicted molar refractivity (Wildman–Crippen MR) is 55.6 cm³/mol. The summed E-state index contributed by atoms with van der Waals surface area (Å²) < 4.78 is 5.36. The molecule has 17 heavy (non-hydrogen) atoms. The monoisotopic (exact) mass is 245 g/mol. The Labute approximate surface area is 121 Å². The molecule has 0 saturated heterocycles. The van der Waals surface area contributed by atoms with E-state index in [-0.39, 0.29) is 29.6 Å². The topological polar surface area (TPSA) is 82.0 Å². The number of rotatable bonds is 0. The Bertz CT molecular complexity index is 402. The molecule has 0 bridgehead atoms. The number of aliphatic carboxylic acids is 1. The second kappa shape index (κ2) is 8.11. The number of nitrogens with zero attached hydrogens (tertiary/aromatic N) is 1. The summed E-state index contributed by atoms with van der Waals surface area (Å²) in [5, 5.41) is 20.8. The van der Waals surface area contributed by atoms with Crippen LogP contribution in [0.25, 0.3) is 0 Å². The van der Waals surface area contributed by atoms with E-state index in [4.69, 9.17) is 19.8 Å². The van der Waals surface area contributed by atoms with Gasteiger partial charge in [0.1, 0.15) is 5.75 Å². The number of carboxylic acids is 1. The Hall–Kier alpha value is -1.04. The number of hydrogen-bond donors (Lipinski definition) is 1. The maximum Gasteiger partial charge on any atom is 1.00 e. The number of carbonyl (C=O) groups is 1. The van der Waals surface area contributed by atoms with E-state index in [0.717, 1.165) is 18.2 Å². The van der Waals surface area contributed by atoms with Crippen molar-refractivity contribution in [3.63, 3.8) is 0 Å². The van der Waals surface area contributed by atoms with Crippen LogP contribution in [0.2, 0.25) is 0 Å². The van der Waals surface area contributed by atoms with Crippen LogP contribution >= 0.6 is 0 Å². The zero-order valence-electron chi connectivity index (χ0n) is 9.84. The molecule has 0 amide bonds. The summed E-state index contributed by atoms with van der Waals surface area (Å²) >= 11 is 0. The molecule has 1 N–H and O–H groups in total. The average molecular weight is 245 g/mol. The summed E-state index contributed by atoms with van der Waals surface area (Å²) in [7, 11) is 0. The number of oxime groups is 1. The minimum absolute atomic E-state index is 0. The van der Waals surface area contributed by atoms with Crippen LogP contribution < -0.4 is 39.4 Å². The Morgan fingerprint density at radius 3 is 2.65 bits per heavy atom. The van der Waals surface area contributed by atoms with Gasteiger partial charge >= 0.3 is 29.6 Å². The summed E-state index contributed by atoms with van der Waals surface area (Å²) in [6.45, 7) is 1.57. The van der Waals surface area contributed by atoms with Crippen LogP contribution in [0.1, 0.15) is 18.9 Å². The van der Waals surface area contributed by atoms with E-state index < -0.39 is 5.97 Å². The van der Waals surface area contributed by atoms with Crippen LogP contribution in [0.3, 0.4) is 0 Å². The molecule has 0 atom stereocenters. The van der Waals surface area contributed by atoms with Gasteiger partial charge in [0.15, 0.2) is 0 Å². The Kier molecular flexibility index (Phi) is 7.61. The summed E-state index contributed by atoms with van der Waals surface area (Å²) in [5.74, 6) is -0.281. The van der Waals surface area contributed by atoms with Gasteiger partial charge < -0.3 is 19.8 Å². The van der Waals surface area contributed by atoms with E-state index in [1.54, 1.807) is 0 Å².